The van der Waals surface area contributed by atoms with E-state index in [4.69, 9.17) is 4.74 Å². The number of likely N-dealkylation sites (N-methyl/N-ethyl adjacent to an activating group) is 1. The van der Waals surface area contributed by atoms with Gasteiger partial charge in [-0.15, -0.1) is 0 Å². The minimum atomic E-state index is -3.24. The summed E-state index contributed by atoms with van der Waals surface area (Å²) in [5.74, 6) is 0.399. The highest BCUT2D eigenvalue weighted by atomic mass is 32.2. The van der Waals surface area contributed by atoms with Crippen LogP contribution in [0.4, 0.5) is 0 Å². The van der Waals surface area contributed by atoms with E-state index >= 15 is 0 Å². The molecule has 16 heavy (non-hydrogen) atoms. The SMILES string of the molecule is CNCCc1ccc(OC)c(S(C)(=O)=O)c1. The molecule has 0 aromatic heterocycles. The Morgan fingerprint density at radius 1 is 1.38 bits per heavy atom. The second-order valence-corrected chi connectivity index (χ2v) is 5.60. The van der Waals surface area contributed by atoms with Gasteiger partial charge in [0.1, 0.15) is 10.6 Å². The molecule has 0 spiro atoms. The number of methoxy groups -OCH3 is 1. The van der Waals surface area contributed by atoms with Crippen molar-refractivity contribution in [3.05, 3.63) is 23.8 Å². The zero-order valence-corrected chi connectivity index (χ0v) is 10.6. The van der Waals surface area contributed by atoms with Gasteiger partial charge < -0.3 is 10.1 Å². The maximum Gasteiger partial charge on any atom is 0.179 e. The van der Waals surface area contributed by atoms with E-state index in [-0.39, 0.29) is 4.90 Å². The van der Waals surface area contributed by atoms with E-state index in [1.165, 1.54) is 13.4 Å². The van der Waals surface area contributed by atoms with Gasteiger partial charge in [0, 0.05) is 6.26 Å². The van der Waals surface area contributed by atoms with Crippen LogP contribution < -0.4 is 10.1 Å². The van der Waals surface area contributed by atoms with E-state index in [0.717, 1.165) is 18.5 Å². The summed E-state index contributed by atoms with van der Waals surface area (Å²) < 4.78 is 28.1. The maximum absolute atomic E-state index is 11.5. The normalized spacial score (nSPS) is 11.4. The van der Waals surface area contributed by atoms with Crippen LogP contribution in [-0.2, 0) is 16.3 Å². The smallest absolute Gasteiger partial charge is 0.179 e. The third kappa shape index (κ3) is 3.21. The van der Waals surface area contributed by atoms with Gasteiger partial charge in [0.05, 0.1) is 7.11 Å². The van der Waals surface area contributed by atoms with Crippen molar-refractivity contribution in [2.75, 3.05) is 27.0 Å². The molecule has 0 bridgehead atoms. The van der Waals surface area contributed by atoms with Crippen LogP contribution in [0.25, 0.3) is 0 Å². The molecular formula is C11H17NO3S. The largest absolute Gasteiger partial charge is 0.495 e. The number of hydrogen-bond donors (Lipinski definition) is 1. The highest BCUT2D eigenvalue weighted by molar-refractivity contribution is 7.90. The fourth-order valence-corrected chi connectivity index (χ4v) is 2.32. The van der Waals surface area contributed by atoms with Crippen molar-refractivity contribution >= 4 is 9.84 Å². The number of nitrogens with one attached hydrogen (secondary N) is 1. The molecule has 0 aliphatic heterocycles. The Balaban J connectivity index is 3.12. The fourth-order valence-electron chi connectivity index (χ4n) is 1.44. The zero-order chi connectivity index (χ0) is 12.2. The minimum Gasteiger partial charge on any atom is -0.495 e. The molecule has 1 aromatic rings. The highest BCUT2D eigenvalue weighted by Crippen LogP contribution is 2.24. The monoisotopic (exact) mass is 243 g/mol. The topological polar surface area (TPSA) is 55.4 Å². The first kappa shape index (κ1) is 13.0. The summed E-state index contributed by atoms with van der Waals surface area (Å²) in [4.78, 5) is 0.253. The third-order valence-electron chi connectivity index (χ3n) is 2.29. The maximum atomic E-state index is 11.5. The van der Waals surface area contributed by atoms with Gasteiger partial charge in [-0.05, 0) is 37.7 Å². The lowest BCUT2D eigenvalue weighted by Crippen LogP contribution is -2.11. The first-order chi connectivity index (χ1) is 7.49. The summed E-state index contributed by atoms with van der Waals surface area (Å²) in [7, 11) is 0.0931. The molecule has 4 nitrogen and oxygen atoms in total. The number of sulfone groups is 1. The van der Waals surface area contributed by atoms with Crippen molar-refractivity contribution in [1.29, 1.82) is 0 Å². The second-order valence-electron chi connectivity index (χ2n) is 3.61. The molecule has 0 heterocycles. The molecular weight excluding hydrogens is 226 g/mol. The quantitative estimate of drug-likeness (QED) is 0.833. The van der Waals surface area contributed by atoms with Crippen molar-refractivity contribution in [2.24, 2.45) is 0 Å². The molecule has 0 unspecified atom stereocenters. The molecule has 0 saturated heterocycles. The van der Waals surface area contributed by atoms with E-state index in [2.05, 4.69) is 5.32 Å². The molecule has 1 N–H and O–H groups in total. The molecule has 0 saturated carbocycles. The molecule has 0 aliphatic rings. The Morgan fingerprint density at radius 2 is 2.06 bits per heavy atom. The Morgan fingerprint density at radius 3 is 2.56 bits per heavy atom. The Labute approximate surface area is 96.5 Å². The Hall–Kier alpha value is -1.07. The standard InChI is InChI=1S/C11H17NO3S/c1-12-7-6-9-4-5-10(15-2)11(8-9)16(3,13)14/h4-5,8,12H,6-7H2,1-3H3. The minimum absolute atomic E-state index is 0.253. The third-order valence-corrected chi connectivity index (χ3v) is 3.41. The Bertz CT molecular complexity index is 454. The summed E-state index contributed by atoms with van der Waals surface area (Å²) in [6, 6.07) is 5.25. The lowest BCUT2D eigenvalue weighted by atomic mass is 10.1. The zero-order valence-electron chi connectivity index (χ0n) is 9.78. The average Bonchev–Trinajstić information content (AvgIpc) is 2.24. The summed E-state index contributed by atoms with van der Waals surface area (Å²) in [6.07, 6.45) is 1.98. The van der Waals surface area contributed by atoms with Gasteiger partial charge in [-0.3, -0.25) is 0 Å². The summed E-state index contributed by atoms with van der Waals surface area (Å²) >= 11 is 0. The van der Waals surface area contributed by atoms with Crippen LogP contribution in [0.1, 0.15) is 5.56 Å². The van der Waals surface area contributed by atoms with Crippen LogP contribution in [0.5, 0.6) is 5.75 Å². The van der Waals surface area contributed by atoms with Gasteiger partial charge >= 0.3 is 0 Å². The average molecular weight is 243 g/mol. The van der Waals surface area contributed by atoms with Gasteiger partial charge in [-0.2, -0.15) is 0 Å². The predicted molar refractivity (Wildman–Crippen MR) is 63.7 cm³/mol. The van der Waals surface area contributed by atoms with Gasteiger partial charge in [0.2, 0.25) is 0 Å². The van der Waals surface area contributed by atoms with Crippen LogP contribution in [0.3, 0.4) is 0 Å². The summed E-state index contributed by atoms with van der Waals surface area (Å²) in [5.41, 5.74) is 0.982. The van der Waals surface area contributed by atoms with Crippen LogP contribution in [0.15, 0.2) is 23.1 Å². The molecule has 0 radical (unpaired) electrons. The molecule has 5 heteroatoms. The molecule has 0 aliphatic carbocycles. The van der Waals surface area contributed by atoms with E-state index in [9.17, 15) is 8.42 Å². The van der Waals surface area contributed by atoms with Crippen LogP contribution in [-0.4, -0.2) is 35.4 Å². The molecule has 1 aromatic carbocycles. The lowest BCUT2D eigenvalue weighted by Gasteiger charge is -2.09. The fraction of sp³-hybridized carbons (Fsp3) is 0.455. The predicted octanol–water partition coefficient (Wildman–Crippen LogP) is 0.861. The van der Waals surface area contributed by atoms with Crippen molar-refractivity contribution in [3.63, 3.8) is 0 Å². The van der Waals surface area contributed by atoms with Gasteiger partial charge in [0.15, 0.2) is 9.84 Å². The van der Waals surface area contributed by atoms with Gasteiger partial charge in [0.25, 0.3) is 0 Å². The first-order valence-corrected chi connectivity index (χ1v) is 6.89. The number of ether oxygens (including phenoxy) is 1. The van der Waals surface area contributed by atoms with E-state index < -0.39 is 9.84 Å². The number of rotatable bonds is 5. The molecule has 90 valence electrons. The van der Waals surface area contributed by atoms with Crippen molar-refractivity contribution in [1.82, 2.24) is 5.32 Å². The highest BCUT2D eigenvalue weighted by Gasteiger charge is 2.14. The van der Waals surface area contributed by atoms with Gasteiger partial charge in [-0.1, -0.05) is 6.07 Å². The first-order valence-electron chi connectivity index (χ1n) is 5.00. The van der Waals surface area contributed by atoms with Gasteiger partial charge in [-0.25, -0.2) is 8.42 Å². The number of hydrogen-bond acceptors (Lipinski definition) is 4. The van der Waals surface area contributed by atoms with Crippen molar-refractivity contribution in [3.8, 4) is 5.75 Å². The molecule has 0 amide bonds. The van der Waals surface area contributed by atoms with Crippen molar-refractivity contribution in [2.45, 2.75) is 11.3 Å². The van der Waals surface area contributed by atoms with Crippen molar-refractivity contribution < 1.29 is 13.2 Å². The second kappa shape index (κ2) is 5.32. The number of benzene rings is 1. The van der Waals surface area contributed by atoms with Crippen LogP contribution in [0, 0.1) is 0 Å². The van der Waals surface area contributed by atoms with E-state index in [1.54, 1.807) is 12.1 Å². The summed E-state index contributed by atoms with van der Waals surface area (Å²) in [6.45, 7) is 0.815. The van der Waals surface area contributed by atoms with Crippen LogP contribution >= 0.6 is 0 Å². The molecule has 0 fully saturated rings. The molecule has 1 rings (SSSR count). The van der Waals surface area contributed by atoms with E-state index in [1.807, 2.05) is 13.1 Å². The molecule has 0 atom stereocenters. The summed E-state index contributed by atoms with van der Waals surface area (Å²) in [5, 5.41) is 3.02. The van der Waals surface area contributed by atoms with E-state index in [0.29, 0.717) is 5.75 Å². The van der Waals surface area contributed by atoms with Crippen LogP contribution in [0.2, 0.25) is 0 Å². The lowest BCUT2D eigenvalue weighted by molar-refractivity contribution is 0.402. The Kier molecular flexibility index (Phi) is 4.32.